The van der Waals surface area contributed by atoms with E-state index in [1.54, 1.807) is 28.9 Å². The van der Waals surface area contributed by atoms with Crippen molar-refractivity contribution in [2.75, 3.05) is 42.6 Å². The molecule has 6 aromatic rings. The van der Waals surface area contributed by atoms with E-state index in [-0.39, 0.29) is 23.5 Å². The Labute approximate surface area is 318 Å². The Morgan fingerprint density at radius 1 is 0.855 bits per heavy atom. The van der Waals surface area contributed by atoms with Gasteiger partial charge < -0.3 is 19.6 Å². The third kappa shape index (κ3) is 7.48. The molecule has 0 bridgehead atoms. The maximum atomic E-state index is 15.8. The van der Waals surface area contributed by atoms with Gasteiger partial charge in [0.05, 0.1) is 36.7 Å². The molecule has 4 heterocycles. The van der Waals surface area contributed by atoms with E-state index in [2.05, 4.69) is 47.2 Å². The Bertz CT molecular complexity index is 2210. The first-order chi connectivity index (χ1) is 26.8. The maximum absolute atomic E-state index is 15.8. The second kappa shape index (κ2) is 15.5. The summed E-state index contributed by atoms with van der Waals surface area (Å²) in [6, 6.07) is 21.2. The maximum Gasteiger partial charge on any atom is 0.350 e. The highest BCUT2D eigenvalue weighted by molar-refractivity contribution is 5.55. The number of halogens is 1. The first-order valence-electron chi connectivity index (χ1n) is 18.9. The second-order valence-corrected chi connectivity index (χ2v) is 14.7. The summed E-state index contributed by atoms with van der Waals surface area (Å²) in [5.41, 5.74) is 3.60. The van der Waals surface area contributed by atoms with Crippen molar-refractivity contribution in [3.05, 3.63) is 120 Å². The monoisotopic (exact) mass is 747 g/mol. The summed E-state index contributed by atoms with van der Waals surface area (Å²) in [6.45, 7) is 8.17. The van der Waals surface area contributed by atoms with Crippen LogP contribution in [0.4, 0.5) is 15.8 Å². The highest BCUT2D eigenvalue weighted by Gasteiger charge is 2.43. The van der Waals surface area contributed by atoms with E-state index in [4.69, 9.17) is 4.74 Å². The van der Waals surface area contributed by atoms with Crippen LogP contribution in [0.5, 0.6) is 5.75 Å². The smallest absolute Gasteiger partial charge is 0.350 e. The summed E-state index contributed by atoms with van der Waals surface area (Å²) in [5, 5.41) is 22.9. The lowest BCUT2D eigenvalue weighted by molar-refractivity contribution is 0.118. The summed E-state index contributed by atoms with van der Waals surface area (Å²) in [7, 11) is 0. The van der Waals surface area contributed by atoms with Gasteiger partial charge in [0.2, 0.25) is 0 Å². The van der Waals surface area contributed by atoms with Crippen molar-refractivity contribution in [2.24, 2.45) is 5.92 Å². The summed E-state index contributed by atoms with van der Waals surface area (Å²) in [6.07, 6.45) is 10.2. The Hall–Kier alpha value is -5.83. The minimum absolute atomic E-state index is 0.252. The van der Waals surface area contributed by atoms with E-state index >= 15 is 4.39 Å². The fourth-order valence-electron chi connectivity index (χ4n) is 8.35. The number of aromatic nitrogens is 9. The van der Waals surface area contributed by atoms with Gasteiger partial charge in [0.15, 0.2) is 0 Å². The van der Waals surface area contributed by atoms with Gasteiger partial charge in [-0.05, 0) is 105 Å². The van der Waals surface area contributed by atoms with Gasteiger partial charge in [0, 0.05) is 43.0 Å². The number of benzene rings is 3. The molecule has 286 valence electrons. The molecule has 55 heavy (non-hydrogen) atoms. The zero-order chi connectivity index (χ0) is 37.9. The fraction of sp³-hybridized carbons (Fsp3) is 0.400. The van der Waals surface area contributed by atoms with Gasteiger partial charge in [-0.25, -0.2) is 33.1 Å². The van der Waals surface area contributed by atoms with Crippen LogP contribution in [-0.4, -0.2) is 87.9 Å². The molecule has 1 N–H and O–H groups in total. The SMILES string of the molecule is CC[C@@H]([C@H](C)O)n1ncn(-c2ccc(N3CCN(c4ccc(OC[C@@H]5CC[C@@](Cn6cncn6)(c6ccc(-n7cncn7)cc6F)C5)cc4)CC3)cc2)c1=O. The van der Waals surface area contributed by atoms with Gasteiger partial charge >= 0.3 is 5.69 Å². The first-order valence-corrected chi connectivity index (χ1v) is 18.9. The van der Waals surface area contributed by atoms with Crippen molar-refractivity contribution >= 4 is 11.4 Å². The third-order valence-corrected chi connectivity index (χ3v) is 11.3. The zero-order valence-electron chi connectivity index (χ0n) is 31.1. The summed E-state index contributed by atoms with van der Waals surface area (Å²) >= 11 is 0. The van der Waals surface area contributed by atoms with Crippen molar-refractivity contribution < 1.29 is 14.2 Å². The van der Waals surface area contributed by atoms with Crippen molar-refractivity contribution in [1.82, 2.24) is 43.9 Å². The molecule has 1 aliphatic carbocycles. The number of rotatable bonds is 13. The number of hydrogen-bond acceptors (Lipinski definition) is 10. The van der Waals surface area contributed by atoms with Crippen LogP contribution < -0.4 is 20.2 Å². The minimum Gasteiger partial charge on any atom is -0.493 e. The largest absolute Gasteiger partial charge is 0.493 e. The first kappa shape index (κ1) is 36.2. The molecule has 4 atom stereocenters. The van der Waals surface area contributed by atoms with Gasteiger partial charge in [-0.2, -0.15) is 15.3 Å². The van der Waals surface area contributed by atoms with Crippen LogP contribution in [0.25, 0.3) is 11.4 Å². The molecular weight excluding hydrogens is 702 g/mol. The topological polar surface area (TPSA) is 137 Å². The van der Waals surface area contributed by atoms with Gasteiger partial charge in [-0.3, -0.25) is 4.68 Å². The fourth-order valence-corrected chi connectivity index (χ4v) is 8.35. The van der Waals surface area contributed by atoms with E-state index in [1.807, 2.05) is 55.5 Å². The van der Waals surface area contributed by atoms with Crippen LogP contribution in [0.1, 0.15) is 51.1 Å². The molecule has 2 aliphatic rings. The van der Waals surface area contributed by atoms with E-state index < -0.39 is 11.5 Å². The van der Waals surface area contributed by atoms with E-state index in [9.17, 15) is 9.90 Å². The normalized spacial score (nSPS) is 19.8. The average Bonchev–Trinajstić information content (AvgIpc) is 4.05. The van der Waals surface area contributed by atoms with Crippen LogP contribution in [0, 0.1) is 11.7 Å². The molecule has 0 unspecified atom stereocenters. The number of hydrogen-bond donors (Lipinski definition) is 1. The predicted molar refractivity (Wildman–Crippen MR) is 206 cm³/mol. The van der Waals surface area contributed by atoms with Gasteiger partial charge in [0.25, 0.3) is 0 Å². The van der Waals surface area contributed by atoms with Crippen LogP contribution in [-0.2, 0) is 12.0 Å². The van der Waals surface area contributed by atoms with Crippen molar-refractivity contribution in [1.29, 1.82) is 0 Å². The Morgan fingerprint density at radius 2 is 1.51 bits per heavy atom. The molecule has 1 saturated carbocycles. The van der Waals surface area contributed by atoms with E-state index in [0.29, 0.717) is 30.8 Å². The molecule has 1 saturated heterocycles. The van der Waals surface area contributed by atoms with Crippen LogP contribution >= 0.6 is 0 Å². The van der Waals surface area contributed by atoms with Crippen LogP contribution in [0.2, 0.25) is 0 Å². The van der Waals surface area contributed by atoms with E-state index in [0.717, 1.165) is 68.3 Å². The summed E-state index contributed by atoms with van der Waals surface area (Å²) < 4.78 is 28.4. The lowest BCUT2D eigenvalue weighted by atomic mass is 9.77. The predicted octanol–water partition coefficient (Wildman–Crippen LogP) is 4.82. The quantitative estimate of drug-likeness (QED) is 0.175. The third-order valence-electron chi connectivity index (χ3n) is 11.3. The minimum atomic E-state index is -0.669. The van der Waals surface area contributed by atoms with Gasteiger partial charge in [-0.1, -0.05) is 13.0 Å². The highest BCUT2D eigenvalue weighted by Crippen LogP contribution is 2.46. The van der Waals surface area contributed by atoms with Gasteiger partial charge in [0.1, 0.15) is 43.2 Å². The molecule has 14 nitrogen and oxygen atoms in total. The van der Waals surface area contributed by atoms with Crippen LogP contribution in [0.3, 0.4) is 0 Å². The number of nitrogens with zero attached hydrogens (tertiary/aromatic N) is 11. The number of piperazine rings is 1. The number of aliphatic hydroxyl groups is 1. The lowest BCUT2D eigenvalue weighted by Gasteiger charge is -2.37. The second-order valence-electron chi connectivity index (χ2n) is 14.7. The molecule has 0 radical (unpaired) electrons. The Balaban J connectivity index is 0.857. The van der Waals surface area contributed by atoms with Crippen molar-refractivity contribution in [2.45, 2.75) is 63.6 Å². The number of anilines is 2. The molecule has 1 aliphatic heterocycles. The Morgan fingerprint density at radius 3 is 2.13 bits per heavy atom. The summed E-state index contributed by atoms with van der Waals surface area (Å²) in [5.74, 6) is 0.809. The van der Waals surface area contributed by atoms with Crippen molar-refractivity contribution in [3.63, 3.8) is 0 Å². The summed E-state index contributed by atoms with van der Waals surface area (Å²) in [4.78, 5) is 25.9. The molecule has 2 fully saturated rings. The van der Waals surface area contributed by atoms with Gasteiger partial charge in [-0.15, -0.1) is 0 Å². The van der Waals surface area contributed by atoms with Crippen LogP contribution in [0.15, 0.2) is 103 Å². The average molecular weight is 748 g/mol. The molecule has 0 spiro atoms. The number of aliphatic hydroxyl groups excluding tert-OH is 1. The standard InChI is InChI=1S/C40H46FN11O3/c1-3-38(29(2)53)52-39(54)50(28-46-52)33-6-4-31(5-7-33)47-16-18-48(19-17-47)32-8-11-35(12-9-32)55-22-30-14-15-40(21-30,23-49-26-42-24-44-49)36-13-10-34(20-37(36)41)51-27-43-25-45-51/h4-13,20,24-30,38,53H,3,14-19,21-23H2,1-2H3/t29-,30+,38-,40+/m0/s1. The number of ether oxygens (including phenoxy) is 1. The lowest BCUT2D eigenvalue weighted by Crippen LogP contribution is -2.46. The molecule has 15 heteroatoms. The molecular formula is C40H46FN11O3. The van der Waals surface area contributed by atoms with Crippen molar-refractivity contribution in [3.8, 4) is 17.1 Å². The molecule has 8 rings (SSSR count). The Kier molecular flexibility index (Phi) is 10.2. The molecule has 3 aromatic heterocycles. The highest BCUT2D eigenvalue weighted by atomic mass is 19.1. The zero-order valence-corrected chi connectivity index (χ0v) is 31.1. The molecule has 3 aromatic carbocycles. The molecule has 0 amide bonds. The van der Waals surface area contributed by atoms with E-state index in [1.165, 1.54) is 34.3 Å².